The molecule has 0 radical (unpaired) electrons. The Morgan fingerprint density at radius 2 is 1.86 bits per heavy atom. The van der Waals surface area contributed by atoms with Crippen LogP contribution in [0.3, 0.4) is 0 Å². The predicted octanol–water partition coefficient (Wildman–Crippen LogP) is 1.40. The molecule has 0 aromatic heterocycles. The van der Waals surface area contributed by atoms with E-state index < -0.39 is 0 Å². The van der Waals surface area contributed by atoms with Crippen LogP contribution in [0, 0.1) is 0 Å². The zero-order chi connectivity index (χ0) is 14.6. The van der Waals surface area contributed by atoms with Crippen molar-refractivity contribution in [2.45, 2.75) is 13.3 Å². The quantitative estimate of drug-likeness (QED) is 0.641. The van der Waals surface area contributed by atoms with Gasteiger partial charge in [0.1, 0.15) is 5.75 Å². The fraction of sp³-hybridized carbons (Fsp3) is 0.533. The van der Waals surface area contributed by atoms with E-state index in [2.05, 4.69) is 17.6 Å². The van der Waals surface area contributed by atoms with E-state index in [1.165, 1.54) is 5.56 Å². The molecule has 1 amide bonds. The van der Waals surface area contributed by atoms with Gasteiger partial charge in [-0.25, -0.2) is 0 Å². The van der Waals surface area contributed by atoms with Crippen molar-refractivity contribution in [3.63, 3.8) is 0 Å². The van der Waals surface area contributed by atoms with E-state index in [0.29, 0.717) is 13.2 Å². The molecule has 120 valence electrons. The van der Waals surface area contributed by atoms with Crippen molar-refractivity contribution in [2.24, 2.45) is 0 Å². The number of hydrogen-bond acceptors (Lipinski definition) is 4. The lowest BCUT2D eigenvalue weighted by molar-refractivity contribution is -0.123. The molecule has 1 aromatic rings. The fourth-order valence-electron chi connectivity index (χ4n) is 1.61. The van der Waals surface area contributed by atoms with Crippen molar-refractivity contribution in [2.75, 3.05) is 40.0 Å². The van der Waals surface area contributed by atoms with Gasteiger partial charge in [0.25, 0.3) is 5.91 Å². The Kier molecular flexibility index (Phi) is 11.7. The second-order valence-electron chi connectivity index (χ2n) is 4.38. The van der Waals surface area contributed by atoms with Crippen LogP contribution in [0.15, 0.2) is 24.3 Å². The lowest BCUT2D eigenvalue weighted by Gasteiger charge is -2.08. The number of halogens is 1. The second kappa shape index (κ2) is 12.4. The van der Waals surface area contributed by atoms with Crippen molar-refractivity contribution >= 4 is 18.3 Å². The van der Waals surface area contributed by atoms with Crippen LogP contribution in [-0.2, 0) is 16.0 Å². The first-order valence-corrected chi connectivity index (χ1v) is 6.94. The maximum atomic E-state index is 11.5. The molecule has 0 aliphatic heterocycles. The Morgan fingerprint density at radius 3 is 2.48 bits per heavy atom. The highest BCUT2D eigenvalue weighted by molar-refractivity contribution is 5.85. The Labute approximate surface area is 132 Å². The largest absolute Gasteiger partial charge is 0.484 e. The van der Waals surface area contributed by atoms with Gasteiger partial charge in [-0.3, -0.25) is 4.79 Å². The SMILES string of the molecule is CCc1ccc(OCC(=O)NCCNCCOC)cc1.Cl. The number of carbonyl (C=O) groups is 1. The summed E-state index contributed by atoms with van der Waals surface area (Å²) in [6.45, 7) is 4.91. The van der Waals surface area contributed by atoms with E-state index in [0.717, 1.165) is 25.3 Å². The number of rotatable bonds is 10. The monoisotopic (exact) mass is 316 g/mol. The summed E-state index contributed by atoms with van der Waals surface area (Å²) < 4.78 is 10.3. The first-order valence-electron chi connectivity index (χ1n) is 6.94. The highest BCUT2D eigenvalue weighted by atomic mass is 35.5. The normalized spacial score (nSPS) is 9.81. The summed E-state index contributed by atoms with van der Waals surface area (Å²) in [5.74, 6) is 0.605. The lowest BCUT2D eigenvalue weighted by atomic mass is 10.2. The number of benzene rings is 1. The molecule has 0 aliphatic carbocycles. The van der Waals surface area contributed by atoms with Crippen molar-refractivity contribution in [1.29, 1.82) is 0 Å². The average Bonchev–Trinajstić information content (AvgIpc) is 2.49. The number of hydrogen-bond donors (Lipinski definition) is 2. The maximum absolute atomic E-state index is 11.5. The van der Waals surface area contributed by atoms with Gasteiger partial charge in [-0.1, -0.05) is 19.1 Å². The summed E-state index contributed by atoms with van der Waals surface area (Å²) in [4.78, 5) is 11.5. The van der Waals surface area contributed by atoms with Crippen LogP contribution in [0.4, 0.5) is 0 Å². The highest BCUT2D eigenvalue weighted by Gasteiger charge is 2.01. The number of carbonyl (C=O) groups excluding carboxylic acids is 1. The zero-order valence-corrected chi connectivity index (χ0v) is 13.5. The number of amides is 1. The molecule has 1 aromatic carbocycles. The van der Waals surface area contributed by atoms with Crippen LogP contribution in [0.25, 0.3) is 0 Å². The molecule has 1 rings (SSSR count). The molecule has 0 saturated heterocycles. The third-order valence-electron chi connectivity index (χ3n) is 2.81. The minimum absolute atomic E-state index is 0. The predicted molar refractivity (Wildman–Crippen MR) is 86.3 cm³/mol. The Morgan fingerprint density at radius 1 is 1.14 bits per heavy atom. The van der Waals surface area contributed by atoms with Gasteiger partial charge >= 0.3 is 0 Å². The fourth-order valence-corrected chi connectivity index (χ4v) is 1.61. The smallest absolute Gasteiger partial charge is 0.257 e. The summed E-state index contributed by atoms with van der Waals surface area (Å²) >= 11 is 0. The molecule has 0 spiro atoms. The lowest BCUT2D eigenvalue weighted by Crippen LogP contribution is -2.35. The molecule has 2 N–H and O–H groups in total. The number of ether oxygens (including phenoxy) is 2. The maximum Gasteiger partial charge on any atom is 0.257 e. The van der Waals surface area contributed by atoms with Crippen LogP contribution < -0.4 is 15.4 Å². The summed E-state index contributed by atoms with van der Waals surface area (Å²) in [5, 5.41) is 5.93. The van der Waals surface area contributed by atoms with Gasteiger partial charge in [-0.05, 0) is 24.1 Å². The molecular formula is C15H25ClN2O3. The Hall–Kier alpha value is -1.30. The first-order chi connectivity index (χ1) is 9.76. The summed E-state index contributed by atoms with van der Waals surface area (Å²) in [6.07, 6.45) is 0.997. The van der Waals surface area contributed by atoms with Gasteiger partial charge in [0, 0.05) is 26.7 Å². The third kappa shape index (κ3) is 9.28. The van der Waals surface area contributed by atoms with Crippen molar-refractivity contribution in [3.8, 4) is 5.75 Å². The van der Waals surface area contributed by atoms with Gasteiger partial charge in [-0.15, -0.1) is 12.4 Å². The molecule has 0 bridgehead atoms. The number of methoxy groups -OCH3 is 1. The zero-order valence-electron chi connectivity index (χ0n) is 12.7. The van der Waals surface area contributed by atoms with E-state index in [9.17, 15) is 4.79 Å². The van der Waals surface area contributed by atoms with Crippen LogP contribution in [0.5, 0.6) is 5.75 Å². The van der Waals surface area contributed by atoms with Crippen LogP contribution >= 0.6 is 12.4 Å². The molecule has 6 heteroatoms. The molecule has 0 heterocycles. The number of aryl methyl sites for hydroxylation is 1. The van der Waals surface area contributed by atoms with Gasteiger partial charge in [0.15, 0.2) is 6.61 Å². The minimum atomic E-state index is -0.113. The van der Waals surface area contributed by atoms with Crippen LogP contribution in [0.2, 0.25) is 0 Å². The van der Waals surface area contributed by atoms with Crippen LogP contribution in [0.1, 0.15) is 12.5 Å². The van der Waals surface area contributed by atoms with E-state index >= 15 is 0 Å². The summed E-state index contributed by atoms with van der Waals surface area (Å²) in [7, 11) is 1.66. The van der Waals surface area contributed by atoms with E-state index in [1.54, 1.807) is 7.11 Å². The standard InChI is InChI=1S/C15H24N2O3.ClH/c1-3-13-4-6-14(7-5-13)20-12-15(18)17-9-8-16-10-11-19-2;/h4-7,16H,3,8-12H2,1-2H3,(H,17,18);1H. The Balaban J connectivity index is 0.00000400. The highest BCUT2D eigenvalue weighted by Crippen LogP contribution is 2.12. The molecule has 0 aliphatic rings. The Bertz CT molecular complexity index is 385. The molecule has 5 nitrogen and oxygen atoms in total. The molecule has 0 atom stereocenters. The van der Waals surface area contributed by atoms with Crippen molar-refractivity contribution in [1.82, 2.24) is 10.6 Å². The van der Waals surface area contributed by atoms with Crippen LogP contribution in [-0.4, -0.2) is 45.9 Å². The van der Waals surface area contributed by atoms with Gasteiger partial charge in [0.05, 0.1) is 6.61 Å². The van der Waals surface area contributed by atoms with Gasteiger partial charge in [-0.2, -0.15) is 0 Å². The topological polar surface area (TPSA) is 59.6 Å². The van der Waals surface area contributed by atoms with E-state index in [4.69, 9.17) is 9.47 Å². The summed E-state index contributed by atoms with van der Waals surface area (Å²) in [6, 6.07) is 7.79. The second-order valence-corrected chi connectivity index (χ2v) is 4.38. The number of nitrogens with one attached hydrogen (secondary N) is 2. The van der Waals surface area contributed by atoms with Crippen molar-refractivity contribution in [3.05, 3.63) is 29.8 Å². The van der Waals surface area contributed by atoms with E-state index in [-0.39, 0.29) is 24.9 Å². The molecule has 0 unspecified atom stereocenters. The molecule has 21 heavy (non-hydrogen) atoms. The van der Waals surface area contributed by atoms with Crippen molar-refractivity contribution < 1.29 is 14.3 Å². The van der Waals surface area contributed by atoms with Gasteiger partial charge in [0.2, 0.25) is 0 Å². The third-order valence-corrected chi connectivity index (χ3v) is 2.81. The summed E-state index contributed by atoms with van der Waals surface area (Å²) in [5.41, 5.74) is 1.25. The molecular weight excluding hydrogens is 292 g/mol. The average molecular weight is 317 g/mol. The van der Waals surface area contributed by atoms with Gasteiger partial charge < -0.3 is 20.1 Å². The molecule has 0 saturated carbocycles. The molecule has 0 fully saturated rings. The van der Waals surface area contributed by atoms with E-state index in [1.807, 2.05) is 24.3 Å². The first kappa shape index (κ1) is 19.7. The minimum Gasteiger partial charge on any atom is -0.484 e.